The van der Waals surface area contributed by atoms with Crippen molar-refractivity contribution in [3.8, 4) is 17.2 Å². The van der Waals surface area contributed by atoms with Crippen LogP contribution in [0.25, 0.3) is 11.5 Å². The van der Waals surface area contributed by atoms with Crippen LogP contribution in [0.15, 0.2) is 89.3 Å². The number of carbonyl (C=O) groups is 2. The molecule has 0 aliphatic carbocycles. The van der Waals surface area contributed by atoms with Crippen molar-refractivity contribution in [3.05, 3.63) is 96.4 Å². The SMILES string of the molecule is CC(C)(C)OC(=O)N[C@@H](Cc1ccccc1)C(=O)Nc1ccc(-c2nnc(CSCCOc3ccccc3)o2)cc1. The van der Waals surface area contributed by atoms with Crippen LogP contribution in [0.5, 0.6) is 5.75 Å². The largest absolute Gasteiger partial charge is 0.493 e. The number of hydrogen-bond acceptors (Lipinski definition) is 8. The summed E-state index contributed by atoms with van der Waals surface area (Å²) >= 11 is 1.65. The summed E-state index contributed by atoms with van der Waals surface area (Å²) < 4.78 is 16.9. The summed E-state index contributed by atoms with van der Waals surface area (Å²) in [6.07, 6.45) is -0.344. The van der Waals surface area contributed by atoms with Gasteiger partial charge >= 0.3 is 6.09 Å². The number of thioether (sulfide) groups is 1. The number of rotatable bonds is 12. The summed E-state index contributed by atoms with van der Waals surface area (Å²) in [6.45, 7) is 5.90. The second-order valence-corrected chi connectivity index (χ2v) is 11.3. The van der Waals surface area contributed by atoms with Crippen molar-refractivity contribution in [3.63, 3.8) is 0 Å². The molecule has 0 fully saturated rings. The number of amides is 2. The lowest BCUT2D eigenvalue weighted by atomic mass is 10.1. The predicted octanol–water partition coefficient (Wildman–Crippen LogP) is 6.12. The monoisotopic (exact) mass is 574 g/mol. The molecule has 2 amide bonds. The summed E-state index contributed by atoms with van der Waals surface area (Å²) in [5, 5.41) is 13.9. The van der Waals surface area contributed by atoms with Crippen LogP contribution in [0, 0.1) is 0 Å². The van der Waals surface area contributed by atoms with E-state index in [0.29, 0.717) is 36.2 Å². The first-order chi connectivity index (χ1) is 19.7. The Labute approximate surface area is 244 Å². The Hall–Kier alpha value is -4.31. The van der Waals surface area contributed by atoms with Gasteiger partial charge in [0.1, 0.15) is 17.4 Å². The molecule has 0 bridgehead atoms. The molecule has 0 saturated heterocycles. The molecule has 0 saturated carbocycles. The average Bonchev–Trinajstić information content (AvgIpc) is 3.42. The summed E-state index contributed by atoms with van der Waals surface area (Å²) in [5.41, 5.74) is 1.52. The van der Waals surface area contributed by atoms with Gasteiger partial charge in [-0.05, 0) is 62.7 Å². The third kappa shape index (κ3) is 9.99. The van der Waals surface area contributed by atoms with E-state index in [4.69, 9.17) is 13.9 Å². The molecule has 1 heterocycles. The Balaban J connectivity index is 1.30. The maximum absolute atomic E-state index is 13.2. The second-order valence-electron chi connectivity index (χ2n) is 10.2. The Morgan fingerprint density at radius 2 is 1.61 bits per heavy atom. The number of hydrogen-bond donors (Lipinski definition) is 2. The van der Waals surface area contributed by atoms with Crippen LogP contribution in [0.4, 0.5) is 10.5 Å². The van der Waals surface area contributed by atoms with Crippen LogP contribution in [-0.2, 0) is 21.7 Å². The molecule has 3 aromatic carbocycles. The molecule has 214 valence electrons. The zero-order valence-corrected chi connectivity index (χ0v) is 24.1. The van der Waals surface area contributed by atoms with Crippen molar-refractivity contribution < 1.29 is 23.5 Å². The molecule has 9 nitrogen and oxygen atoms in total. The fraction of sp³-hybridized carbons (Fsp3) is 0.290. The molecular formula is C31H34N4O5S. The molecule has 4 rings (SSSR count). The molecule has 0 unspecified atom stereocenters. The smallest absolute Gasteiger partial charge is 0.408 e. The van der Waals surface area contributed by atoms with Crippen LogP contribution < -0.4 is 15.4 Å². The van der Waals surface area contributed by atoms with E-state index in [2.05, 4.69) is 20.8 Å². The van der Waals surface area contributed by atoms with Crippen molar-refractivity contribution in [2.75, 3.05) is 17.7 Å². The quantitative estimate of drug-likeness (QED) is 0.194. The van der Waals surface area contributed by atoms with E-state index in [-0.39, 0.29) is 5.91 Å². The summed E-state index contributed by atoms with van der Waals surface area (Å²) in [6, 6.07) is 25.4. The third-order valence-electron chi connectivity index (χ3n) is 5.62. The van der Waals surface area contributed by atoms with Crippen molar-refractivity contribution in [2.24, 2.45) is 0 Å². The standard InChI is InChI=1S/C31H34N4O5S/c1-31(2,3)40-30(37)33-26(20-22-10-6-4-7-11-22)28(36)32-24-16-14-23(15-17-24)29-35-34-27(39-29)21-41-19-18-38-25-12-8-5-9-13-25/h4-17,26H,18-21H2,1-3H3,(H,32,36)(H,33,37)/t26-/m0/s1. The molecule has 0 aliphatic rings. The highest BCUT2D eigenvalue weighted by Gasteiger charge is 2.25. The minimum Gasteiger partial charge on any atom is -0.493 e. The van der Waals surface area contributed by atoms with E-state index < -0.39 is 17.7 Å². The number of carbonyl (C=O) groups excluding carboxylic acids is 2. The maximum Gasteiger partial charge on any atom is 0.408 e. The Kier molecular flexibility index (Phi) is 10.4. The van der Waals surface area contributed by atoms with Crippen LogP contribution >= 0.6 is 11.8 Å². The lowest BCUT2D eigenvalue weighted by molar-refractivity contribution is -0.118. The van der Waals surface area contributed by atoms with Crippen molar-refractivity contribution in [2.45, 2.75) is 44.6 Å². The molecule has 1 aromatic heterocycles. The Morgan fingerprint density at radius 3 is 2.29 bits per heavy atom. The Bertz CT molecular complexity index is 1390. The van der Waals surface area contributed by atoms with Gasteiger partial charge in [0.2, 0.25) is 17.7 Å². The molecule has 0 aliphatic heterocycles. The molecule has 0 spiro atoms. The van der Waals surface area contributed by atoms with E-state index in [1.54, 1.807) is 56.8 Å². The molecule has 10 heteroatoms. The van der Waals surface area contributed by atoms with Gasteiger partial charge in [-0.3, -0.25) is 4.79 Å². The summed E-state index contributed by atoms with van der Waals surface area (Å²) in [5.74, 6) is 2.77. The zero-order valence-electron chi connectivity index (χ0n) is 23.3. The molecule has 41 heavy (non-hydrogen) atoms. The lowest BCUT2D eigenvalue weighted by Crippen LogP contribution is -2.47. The van der Waals surface area contributed by atoms with Crippen LogP contribution in [-0.4, -0.2) is 46.2 Å². The van der Waals surface area contributed by atoms with Crippen LogP contribution in [0.1, 0.15) is 32.2 Å². The first kappa shape index (κ1) is 29.7. The number of nitrogens with one attached hydrogen (secondary N) is 2. The second kappa shape index (κ2) is 14.4. The number of para-hydroxylation sites is 1. The van der Waals surface area contributed by atoms with E-state index in [1.807, 2.05) is 60.7 Å². The van der Waals surface area contributed by atoms with E-state index in [1.165, 1.54) is 0 Å². The molecule has 0 radical (unpaired) electrons. The maximum atomic E-state index is 13.2. The molecular weight excluding hydrogens is 540 g/mol. The number of ether oxygens (including phenoxy) is 2. The molecule has 2 N–H and O–H groups in total. The highest BCUT2D eigenvalue weighted by atomic mass is 32.2. The minimum atomic E-state index is -0.832. The van der Waals surface area contributed by atoms with Gasteiger partial charge in [0.15, 0.2) is 0 Å². The van der Waals surface area contributed by atoms with Gasteiger partial charge in [-0.25, -0.2) is 4.79 Å². The average molecular weight is 575 g/mol. The third-order valence-corrected chi connectivity index (χ3v) is 6.53. The van der Waals surface area contributed by atoms with E-state index in [0.717, 1.165) is 22.6 Å². The highest BCUT2D eigenvalue weighted by molar-refractivity contribution is 7.98. The van der Waals surface area contributed by atoms with Gasteiger partial charge in [0.05, 0.1) is 12.4 Å². The number of nitrogens with zero attached hydrogens (tertiary/aromatic N) is 2. The lowest BCUT2D eigenvalue weighted by Gasteiger charge is -2.23. The number of benzene rings is 3. The Morgan fingerprint density at radius 1 is 0.927 bits per heavy atom. The van der Waals surface area contributed by atoms with Gasteiger partial charge in [0.25, 0.3) is 0 Å². The summed E-state index contributed by atoms with van der Waals surface area (Å²) in [7, 11) is 0. The number of anilines is 1. The normalized spacial score (nSPS) is 11.9. The van der Waals surface area contributed by atoms with Crippen molar-refractivity contribution >= 4 is 29.4 Å². The highest BCUT2D eigenvalue weighted by Crippen LogP contribution is 2.22. The number of alkyl carbamates (subject to hydrolysis) is 1. The molecule has 4 aromatic rings. The van der Waals surface area contributed by atoms with Gasteiger partial charge in [-0.1, -0.05) is 48.5 Å². The fourth-order valence-corrected chi connectivity index (χ4v) is 4.39. The van der Waals surface area contributed by atoms with Crippen molar-refractivity contribution in [1.29, 1.82) is 0 Å². The topological polar surface area (TPSA) is 116 Å². The van der Waals surface area contributed by atoms with Gasteiger partial charge in [-0.2, -0.15) is 0 Å². The fourth-order valence-electron chi connectivity index (χ4n) is 3.76. The zero-order chi connectivity index (χ0) is 29.1. The van der Waals surface area contributed by atoms with Gasteiger partial charge < -0.3 is 24.5 Å². The van der Waals surface area contributed by atoms with Crippen LogP contribution in [0.2, 0.25) is 0 Å². The number of aromatic nitrogens is 2. The van der Waals surface area contributed by atoms with E-state index in [9.17, 15) is 9.59 Å². The first-order valence-electron chi connectivity index (χ1n) is 13.3. The summed E-state index contributed by atoms with van der Waals surface area (Å²) in [4.78, 5) is 25.6. The van der Waals surface area contributed by atoms with Gasteiger partial charge in [-0.15, -0.1) is 22.0 Å². The predicted molar refractivity (Wildman–Crippen MR) is 160 cm³/mol. The first-order valence-corrected chi connectivity index (χ1v) is 14.4. The van der Waals surface area contributed by atoms with Crippen LogP contribution in [0.3, 0.4) is 0 Å². The van der Waals surface area contributed by atoms with Gasteiger partial charge in [0, 0.05) is 23.4 Å². The minimum absolute atomic E-state index is 0.311. The van der Waals surface area contributed by atoms with Crippen molar-refractivity contribution in [1.82, 2.24) is 15.5 Å². The van der Waals surface area contributed by atoms with E-state index >= 15 is 0 Å². The molecule has 1 atom stereocenters.